The molecule has 1 aromatic heterocycles. The maximum atomic E-state index is 12.4. The topological polar surface area (TPSA) is 66.0 Å². The van der Waals surface area contributed by atoms with Crippen molar-refractivity contribution in [3.05, 3.63) is 41.6 Å². The van der Waals surface area contributed by atoms with Gasteiger partial charge in [0.1, 0.15) is 0 Å². The van der Waals surface area contributed by atoms with Gasteiger partial charge in [0.2, 0.25) is 0 Å². The molecule has 1 heterocycles. The van der Waals surface area contributed by atoms with Gasteiger partial charge in [-0.05, 0) is 18.2 Å². The number of hydrogen-bond acceptors (Lipinski definition) is 2. The van der Waals surface area contributed by atoms with E-state index in [0.717, 1.165) is 12.1 Å². The van der Waals surface area contributed by atoms with Crippen molar-refractivity contribution < 1.29 is 23.1 Å². The lowest BCUT2D eigenvalue weighted by Gasteiger charge is -2.06. The highest BCUT2D eigenvalue weighted by atomic mass is 19.4. The summed E-state index contributed by atoms with van der Waals surface area (Å²) < 4.78 is 37.1. The Hall–Kier alpha value is -2.31. The lowest BCUT2D eigenvalue weighted by molar-refractivity contribution is -0.138. The first-order chi connectivity index (χ1) is 8.86. The lowest BCUT2D eigenvalue weighted by atomic mass is 10.1. The minimum Gasteiger partial charge on any atom is -0.481 e. The van der Waals surface area contributed by atoms with Crippen molar-refractivity contribution in [2.45, 2.75) is 12.6 Å². The Morgan fingerprint density at radius 2 is 1.89 bits per heavy atom. The number of carboxylic acid groups (broad SMARTS) is 1. The van der Waals surface area contributed by atoms with Crippen molar-refractivity contribution in [3.8, 4) is 11.3 Å². The first kappa shape index (κ1) is 13.1. The molecule has 1 aromatic carbocycles. The molecule has 0 aliphatic carbocycles. The van der Waals surface area contributed by atoms with Gasteiger partial charge in [0.15, 0.2) is 0 Å². The maximum absolute atomic E-state index is 12.4. The van der Waals surface area contributed by atoms with Crippen molar-refractivity contribution in [1.29, 1.82) is 0 Å². The number of alkyl halides is 3. The number of aromatic nitrogens is 2. The van der Waals surface area contributed by atoms with Crippen LogP contribution in [0.3, 0.4) is 0 Å². The second-order valence-electron chi connectivity index (χ2n) is 3.92. The third-order valence-electron chi connectivity index (χ3n) is 2.48. The number of H-pyrrole nitrogens is 1. The Balaban J connectivity index is 2.23. The van der Waals surface area contributed by atoms with E-state index < -0.39 is 17.7 Å². The largest absolute Gasteiger partial charge is 0.481 e. The molecule has 0 aliphatic heterocycles. The van der Waals surface area contributed by atoms with Gasteiger partial charge in [0, 0.05) is 11.3 Å². The summed E-state index contributed by atoms with van der Waals surface area (Å²) in [5, 5.41) is 15.0. The predicted octanol–water partition coefficient (Wildman–Crippen LogP) is 2.72. The van der Waals surface area contributed by atoms with Crippen LogP contribution in [0.4, 0.5) is 13.2 Å². The summed E-state index contributed by atoms with van der Waals surface area (Å²) >= 11 is 0. The Labute approximate surface area is 105 Å². The molecule has 0 atom stereocenters. The third-order valence-corrected chi connectivity index (χ3v) is 2.48. The fourth-order valence-corrected chi connectivity index (χ4v) is 1.59. The number of carbonyl (C=O) groups is 1. The van der Waals surface area contributed by atoms with Gasteiger partial charge < -0.3 is 5.11 Å². The van der Waals surface area contributed by atoms with Gasteiger partial charge in [-0.25, -0.2) is 0 Å². The molecule has 2 N–H and O–H groups in total. The SMILES string of the molecule is O=C(O)Cc1cc(-c2ccc(C(F)(F)F)cc2)n[nH]1. The highest BCUT2D eigenvalue weighted by Gasteiger charge is 2.30. The number of benzene rings is 1. The van der Waals surface area contributed by atoms with E-state index in [1.165, 1.54) is 18.2 Å². The maximum Gasteiger partial charge on any atom is 0.416 e. The van der Waals surface area contributed by atoms with E-state index in [4.69, 9.17) is 5.11 Å². The number of halogens is 3. The van der Waals surface area contributed by atoms with Crippen LogP contribution >= 0.6 is 0 Å². The normalized spacial score (nSPS) is 11.5. The van der Waals surface area contributed by atoms with Crippen LogP contribution in [-0.4, -0.2) is 21.3 Å². The van der Waals surface area contributed by atoms with Crippen LogP contribution in [0.25, 0.3) is 11.3 Å². The first-order valence-corrected chi connectivity index (χ1v) is 5.30. The zero-order valence-electron chi connectivity index (χ0n) is 9.53. The zero-order chi connectivity index (χ0) is 14.0. The fraction of sp³-hybridized carbons (Fsp3) is 0.167. The highest BCUT2D eigenvalue weighted by Crippen LogP contribution is 2.30. The number of hydrogen-bond donors (Lipinski definition) is 2. The van der Waals surface area contributed by atoms with E-state index in [1.54, 1.807) is 0 Å². The van der Waals surface area contributed by atoms with Crippen LogP contribution in [0.1, 0.15) is 11.3 Å². The number of aliphatic carboxylic acids is 1. The average Bonchev–Trinajstić information content (AvgIpc) is 2.75. The molecule has 0 saturated carbocycles. The van der Waals surface area contributed by atoms with Crippen molar-refractivity contribution in [1.82, 2.24) is 10.2 Å². The zero-order valence-corrected chi connectivity index (χ0v) is 9.53. The minimum atomic E-state index is -4.38. The lowest BCUT2D eigenvalue weighted by Crippen LogP contribution is -2.03. The van der Waals surface area contributed by atoms with Gasteiger partial charge in [-0.1, -0.05) is 12.1 Å². The van der Waals surface area contributed by atoms with E-state index in [9.17, 15) is 18.0 Å². The fourth-order valence-electron chi connectivity index (χ4n) is 1.59. The highest BCUT2D eigenvalue weighted by molar-refractivity contribution is 5.70. The summed E-state index contributed by atoms with van der Waals surface area (Å²) in [6, 6.07) is 6.01. The summed E-state index contributed by atoms with van der Waals surface area (Å²) in [5.41, 5.74) is 0.547. The van der Waals surface area contributed by atoms with E-state index in [-0.39, 0.29) is 6.42 Å². The van der Waals surface area contributed by atoms with E-state index in [1.807, 2.05) is 0 Å². The molecule has 0 saturated heterocycles. The quantitative estimate of drug-likeness (QED) is 0.901. The molecule has 4 nitrogen and oxygen atoms in total. The van der Waals surface area contributed by atoms with Crippen LogP contribution in [0.5, 0.6) is 0 Å². The van der Waals surface area contributed by atoms with Crippen LogP contribution in [-0.2, 0) is 17.4 Å². The molecule has 0 spiro atoms. The second kappa shape index (κ2) is 4.75. The monoisotopic (exact) mass is 270 g/mol. The number of nitrogens with zero attached hydrogens (tertiary/aromatic N) is 1. The summed E-state index contributed by atoms with van der Waals surface area (Å²) in [6.45, 7) is 0. The Morgan fingerprint density at radius 1 is 1.26 bits per heavy atom. The van der Waals surface area contributed by atoms with E-state index in [0.29, 0.717) is 17.0 Å². The van der Waals surface area contributed by atoms with Gasteiger partial charge >= 0.3 is 12.1 Å². The van der Waals surface area contributed by atoms with Gasteiger partial charge in [-0.15, -0.1) is 0 Å². The van der Waals surface area contributed by atoms with Gasteiger partial charge in [0.25, 0.3) is 0 Å². The van der Waals surface area contributed by atoms with Crippen molar-refractivity contribution in [2.75, 3.05) is 0 Å². The number of carboxylic acids is 1. The van der Waals surface area contributed by atoms with Gasteiger partial charge in [-0.3, -0.25) is 9.89 Å². The number of rotatable bonds is 3. The standard InChI is InChI=1S/C12H9F3N2O2/c13-12(14,15)8-3-1-7(2-4-8)10-5-9(16-17-10)6-11(18)19/h1-5H,6H2,(H,16,17)(H,18,19). The minimum absolute atomic E-state index is 0.215. The summed E-state index contributed by atoms with van der Waals surface area (Å²) in [5.74, 6) is -1.01. The van der Waals surface area contributed by atoms with Crippen molar-refractivity contribution >= 4 is 5.97 Å². The molecule has 100 valence electrons. The molecule has 0 fully saturated rings. The summed E-state index contributed by atoms with van der Waals surface area (Å²) in [7, 11) is 0. The first-order valence-electron chi connectivity index (χ1n) is 5.30. The summed E-state index contributed by atoms with van der Waals surface area (Å²) in [6.07, 6.45) is -4.59. The molecule has 0 amide bonds. The molecule has 0 radical (unpaired) electrons. The molecule has 19 heavy (non-hydrogen) atoms. The van der Waals surface area contributed by atoms with Gasteiger partial charge in [0.05, 0.1) is 17.7 Å². The molecule has 0 aliphatic rings. The third kappa shape index (κ3) is 3.12. The Kier molecular flexibility index (Phi) is 3.28. The van der Waals surface area contributed by atoms with Crippen LogP contribution in [0, 0.1) is 0 Å². The van der Waals surface area contributed by atoms with E-state index >= 15 is 0 Å². The van der Waals surface area contributed by atoms with Crippen LogP contribution < -0.4 is 0 Å². The second-order valence-corrected chi connectivity index (χ2v) is 3.92. The molecule has 0 unspecified atom stereocenters. The molecule has 2 aromatic rings. The molecular weight excluding hydrogens is 261 g/mol. The van der Waals surface area contributed by atoms with Gasteiger partial charge in [-0.2, -0.15) is 18.3 Å². The van der Waals surface area contributed by atoms with Crippen LogP contribution in [0.15, 0.2) is 30.3 Å². The smallest absolute Gasteiger partial charge is 0.416 e. The Morgan fingerprint density at radius 3 is 2.42 bits per heavy atom. The predicted molar refractivity (Wildman–Crippen MR) is 60.4 cm³/mol. The van der Waals surface area contributed by atoms with Crippen molar-refractivity contribution in [2.24, 2.45) is 0 Å². The molecule has 0 bridgehead atoms. The van der Waals surface area contributed by atoms with E-state index in [2.05, 4.69) is 10.2 Å². The molecular formula is C12H9F3N2O2. The Bertz CT molecular complexity index is 588. The number of aromatic amines is 1. The van der Waals surface area contributed by atoms with Crippen LogP contribution in [0.2, 0.25) is 0 Å². The average molecular weight is 270 g/mol. The molecule has 7 heteroatoms. The molecule has 2 rings (SSSR count). The van der Waals surface area contributed by atoms with Crippen molar-refractivity contribution in [3.63, 3.8) is 0 Å². The number of nitrogens with one attached hydrogen (secondary N) is 1. The summed E-state index contributed by atoms with van der Waals surface area (Å²) in [4.78, 5) is 10.5.